The molecular formula is C14H13BrFN3O. The number of hydrogen-bond donors (Lipinski definition) is 2. The molecule has 104 valence electrons. The third-order valence-corrected chi connectivity index (χ3v) is 3.25. The van der Waals surface area contributed by atoms with E-state index in [-0.39, 0.29) is 11.6 Å². The van der Waals surface area contributed by atoms with E-state index in [0.29, 0.717) is 10.2 Å². The Bertz CT molecular complexity index is 616. The maximum Gasteiger partial charge on any atom is 0.274 e. The Morgan fingerprint density at radius 3 is 2.80 bits per heavy atom. The molecule has 6 heteroatoms. The van der Waals surface area contributed by atoms with Gasteiger partial charge in [-0.2, -0.15) is 0 Å². The first-order valence-electron chi connectivity index (χ1n) is 6.06. The molecule has 0 radical (unpaired) electrons. The molecule has 0 aliphatic carbocycles. The first-order chi connectivity index (χ1) is 9.60. The van der Waals surface area contributed by atoms with Crippen molar-refractivity contribution in [3.05, 3.63) is 52.5 Å². The van der Waals surface area contributed by atoms with Gasteiger partial charge >= 0.3 is 0 Å². The highest BCUT2D eigenvalue weighted by molar-refractivity contribution is 9.10. The first-order valence-corrected chi connectivity index (χ1v) is 6.85. The minimum atomic E-state index is -0.418. The number of carbonyl (C=O) groups is 1. The van der Waals surface area contributed by atoms with Gasteiger partial charge in [-0.1, -0.05) is 0 Å². The molecule has 0 saturated heterocycles. The van der Waals surface area contributed by atoms with E-state index >= 15 is 0 Å². The zero-order valence-corrected chi connectivity index (χ0v) is 12.4. The molecule has 0 unspecified atom stereocenters. The van der Waals surface area contributed by atoms with Gasteiger partial charge in [0, 0.05) is 11.0 Å². The summed E-state index contributed by atoms with van der Waals surface area (Å²) in [4.78, 5) is 16.1. The molecule has 1 amide bonds. The van der Waals surface area contributed by atoms with Gasteiger partial charge in [-0.25, -0.2) is 9.37 Å². The van der Waals surface area contributed by atoms with Gasteiger partial charge in [-0.05, 0) is 53.2 Å². The average Bonchev–Trinajstić information content (AvgIpc) is 2.44. The van der Waals surface area contributed by atoms with E-state index in [9.17, 15) is 9.18 Å². The maximum atomic E-state index is 13.1. The number of hydrogen-bond acceptors (Lipinski definition) is 3. The molecule has 0 aliphatic rings. The molecule has 0 fully saturated rings. The van der Waals surface area contributed by atoms with Crippen molar-refractivity contribution in [2.24, 2.45) is 0 Å². The molecule has 4 nitrogen and oxygen atoms in total. The highest BCUT2D eigenvalue weighted by Gasteiger charge is 2.10. The fourth-order valence-corrected chi connectivity index (χ4v) is 1.96. The number of nitrogens with one attached hydrogen (secondary N) is 2. The number of nitrogens with zero attached hydrogens (tertiary/aromatic N) is 1. The van der Waals surface area contributed by atoms with Gasteiger partial charge in [-0.3, -0.25) is 4.79 Å². The number of carbonyl (C=O) groups excluding carboxylic acids is 1. The van der Waals surface area contributed by atoms with Crippen LogP contribution in [0.15, 0.2) is 41.0 Å². The molecule has 0 atom stereocenters. The maximum absolute atomic E-state index is 13.1. The predicted molar refractivity (Wildman–Crippen MR) is 80.5 cm³/mol. The lowest BCUT2D eigenvalue weighted by Gasteiger charge is -2.08. The smallest absolute Gasteiger partial charge is 0.274 e. The quantitative estimate of drug-likeness (QED) is 0.894. The van der Waals surface area contributed by atoms with Crippen molar-refractivity contribution >= 4 is 33.2 Å². The van der Waals surface area contributed by atoms with Gasteiger partial charge in [0.25, 0.3) is 5.91 Å². The monoisotopic (exact) mass is 337 g/mol. The molecular weight excluding hydrogens is 325 g/mol. The van der Waals surface area contributed by atoms with Crippen LogP contribution >= 0.6 is 15.9 Å². The summed E-state index contributed by atoms with van der Waals surface area (Å²) in [5, 5.41) is 5.70. The minimum Gasteiger partial charge on any atom is -0.384 e. The van der Waals surface area contributed by atoms with Crippen LogP contribution < -0.4 is 10.6 Å². The van der Waals surface area contributed by atoms with Crippen LogP contribution in [-0.2, 0) is 0 Å². The largest absolute Gasteiger partial charge is 0.384 e. The van der Waals surface area contributed by atoms with Crippen LogP contribution in [0, 0.1) is 5.82 Å². The summed E-state index contributed by atoms with van der Waals surface area (Å²) in [5.74, 6) is -0.807. The predicted octanol–water partition coefficient (Wildman–Crippen LogP) is 3.67. The molecule has 0 spiro atoms. The number of rotatable bonds is 4. The van der Waals surface area contributed by atoms with Crippen LogP contribution in [0.3, 0.4) is 0 Å². The highest BCUT2D eigenvalue weighted by atomic mass is 79.9. The summed E-state index contributed by atoms with van der Waals surface area (Å²) in [6.07, 6.45) is 1.58. The summed E-state index contributed by atoms with van der Waals surface area (Å²) >= 11 is 3.25. The van der Waals surface area contributed by atoms with Gasteiger partial charge in [0.15, 0.2) is 0 Å². The Labute approximate surface area is 124 Å². The molecule has 2 rings (SSSR count). The lowest BCUT2D eigenvalue weighted by atomic mass is 10.2. The third-order valence-electron chi connectivity index (χ3n) is 2.55. The summed E-state index contributed by atoms with van der Waals surface area (Å²) < 4.78 is 13.7. The number of amides is 1. The number of benzene rings is 1. The van der Waals surface area contributed by atoms with E-state index in [2.05, 4.69) is 31.5 Å². The zero-order chi connectivity index (χ0) is 14.5. The number of pyridine rings is 1. The van der Waals surface area contributed by atoms with E-state index in [4.69, 9.17) is 0 Å². The van der Waals surface area contributed by atoms with E-state index < -0.39 is 5.82 Å². The number of aromatic nitrogens is 1. The molecule has 0 saturated carbocycles. The van der Waals surface area contributed by atoms with Crippen LogP contribution in [0.25, 0.3) is 0 Å². The second kappa shape index (κ2) is 6.47. The Hall–Kier alpha value is -1.95. The van der Waals surface area contributed by atoms with Gasteiger partial charge < -0.3 is 10.6 Å². The van der Waals surface area contributed by atoms with Gasteiger partial charge in [0.2, 0.25) is 0 Å². The third kappa shape index (κ3) is 3.54. The molecule has 1 aromatic heterocycles. The van der Waals surface area contributed by atoms with Crippen molar-refractivity contribution in [3.8, 4) is 0 Å². The lowest BCUT2D eigenvalue weighted by molar-refractivity contribution is 0.102. The van der Waals surface area contributed by atoms with Crippen LogP contribution in [0.1, 0.15) is 17.4 Å². The molecule has 0 bridgehead atoms. The minimum absolute atomic E-state index is 0.266. The zero-order valence-electron chi connectivity index (χ0n) is 10.8. The highest BCUT2D eigenvalue weighted by Crippen LogP contribution is 2.23. The molecule has 1 heterocycles. The topological polar surface area (TPSA) is 54.0 Å². The van der Waals surface area contributed by atoms with Crippen LogP contribution in [0.4, 0.5) is 15.8 Å². The second-order valence-corrected chi connectivity index (χ2v) is 4.90. The van der Waals surface area contributed by atoms with Gasteiger partial charge in [0.1, 0.15) is 11.5 Å². The van der Waals surface area contributed by atoms with Gasteiger partial charge in [-0.15, -0.1) is 0 Å². The van der Waals surface area contributed by atoms with Crippen molar-refractivity contribution < 1.29 is 9.18 Å². The summed E-state index contributed by atoms with van der Waals surface area (Å²) in [5.41, 5.74) is 1.48. The number of halogens is 2. The Morgan fingerprint density at radius 2 is 2.15 bits per heavy atom. The summed E-state index contributed by atoms with van der Waals surface area (Å²) in [6.45, 7) is 2.76. The van der Waals surface area contributed by atoms with Crippen molar-refractivity contribution in [1.29, 1.82) is 0 Å². The SMILES string of the molecule is CCNc1ccc(C(=O)Nc2cc(F)ccc2Br)nc1. The Morgan fingerprint density at radius 1 is 1.35 bits per heavy atom. The van der Waals surface area contributed by atoms with E-state index in [0.717, 1.165) is 12.2 Å². The van der Waals surface area contributed by atoms with Crippen LogP contribution in [0.5, 0.6) is 0 Å². The molecule has 1 aromatic carbocycles. The Balaban J connectivity index is 2.13. The summed E-state index contributed by atoms with van der Waals surface area (Å²) in [6, 6.07) is 7.47. The van der Waals surface area contributed by atoms with Crippen molar-refractivity contribution in [2.75, 3.05) is 17.2 Å². The molecule has 2 aromatic rings. The average molecular weight is 338 g/mol. The van der Waals surface area contributed by atoms with Crippen LogP contribution in [-0.4, -0.2) is 17.4 Å². The number of anilines is 2. The molecule has 2 N–H and O–H groups in total. The second-order valence-electron chi connectivity index (χ2n) is 4.04. The fraction of sp³-hybridized carbons (Fsp3) is 0.143. The standard InChI is InChI=1S/C14H13BrFN3O/c1-2-17-10-4-6-12(18-8-10)14(20)19-13-7-9(16)3-5-11(13)15/h3-8,17H,2H2,1H3,(H,19,20). The van der Waals surface area contributed by atoms with E-state index in [1.54, 1.807) is 18.3 Å². The van der Waals surface area contributed by atoms with Crippen molar-refractivity contribution in [3.63, 3.8) is 0 Å². The normalized spacial score (nSPS) is 10.2. The molecule has 0 aliphatic heterocycles. The molecule has 20 heavy (non-hydrogen) atoms. The van der Waals surface area contributed by atoms with Gasteiger partial charge in [0.05, 0.1) is 17.6 Å². The Kier molecular flexibility index (Phi) is 4.68. The summed E-state index contributed by atoms with van der Waals surface area (Å²) in [7, 11) is 0. The lowest BCUT2D eigenvalue weighted by Crippen LogP contribution is -2.14. The van der Waals surface area contributed by atoms with Crippen LogP contribution in [0.2, 0.25) is 0 Å². The van der Waals surface area contributed by atoms with E-state index in [1.165, 1.54) is 18.2 Å². The van der Waals surface area contributed by atoms with Crippen molar-refractivity contribution in [1.82, 2.24) is 4.98 Å². The fourth-order valence-electron chi connectivity index (χ4n) is 1.62. The van der Waals surface area contributed by atoms with E-state index in [1.807, 2.05) is 6.92 Å². The van der Waals surface area contributed by atoms with Crippen molar-refractivity contribution in [2.45, 2.75) is 6.92 Å². The first kappa shape index (κ1) is 14.5.